The number of carbonyl (C=O) groups excluding carboxylic acids is 2. The Morgan fingerprint density at radius 1 is 1.04 bits per heavy atom. The van der Waals surface area contributed by atoms with Crippen molar-refractivity contribution in [3.63, 3.8) is 0 Å². The van der Waals surface area contributed by atoms with Crippen LogP contribution >= 0.6 is 0 Å². The van der Waals surface area contributed by atoms with E-state index in [1.165, 1.54) is 19.3 Å². The first-order valence-electron chi connectivity index (χ1n) is 10.4. The largest absolute Gasteiger partial charge is 0.376 e. The van der Waals surface area contributed by atoms with Crippen LogP contribution in [-0.4, -0.2) is 54.3 Å². The number of nitrogens with zero attached hydrogens (tertiary/aromatic N) is 2. The first-order chi connectivity index (χ1) is 13.0. The Morgan fingerprint density at radius 3 is 2.30 bits per heavy atom. The van der Waals surface area contributed by atoms with Gasteiger partial charge < -0.3 is 15.1 Å². The number of nitrogens with one attached hydrogen (secondary N) is 1. The fraction of sp³-hybridized carbons (Fsp3) is 0.636. The third-order valence-electron chi connectivity index (χ3n) is 6.16. The van der Waals surface area contributed by atoms with Gasteiger partial charge in [0.25, 0.3) is 5.91 Å². The molecule has 1 saturated carbocycles. The summed E-state index contributed by atoms with van der Waals surface area (Å²) in [6, 6.07) is 7.90. The summed E-state index contributed by atoms with van der Waals surface area (Å²) in [6.45, 7) is 4.24. The smallest absolute Gasteiger partial charge is 0.253 e. The van der Waals surface area contributed by atoms with E-state index in [-0.39, 0.29) is 11.8 Å². The average Bonchev–Trinajstić information content (AvgIpc) is 2.72. The van der Waals surface area contributed by atoms with Gasteiger partial charge in [0.05, 0.1) is 6.54 Å². The molecule has 3 rings (SSSR count). The molecule has 0 spiro atoms. The van der Waals surface area contributed by atoms with Gasteiger partial charge in [-0.3, -0.25) is 9.59 Å². The lowest BCUT2D eigenvalue weighted by Gasteiger charge is -2.31. The average molecular weight is 372 g/mol. The zero-order chi connectivity index (χ0) is 19.2. The highest BCUT2D eigenvalue weighted by Crippen LogP contribution is 2.22. The Labute approximate surface area is 163 Å². The van der Waals surface area contributed by atoms with Gasteiger partial charge in [0.1, 0.15) is 0 Å². The quantitative estimate of drug-likeness (QED) is 0.857. The molecule has 1 aliphatic carbocycles. The predicted molar refractivity (Wildman–Crippen MR) is 109 cm³/mol. The maximum atomic E-state index is 12.6. The summed E-state index contributed by atoms with van der Waals surface area (Å²) in [7, 11) is 1.92. The summed E-state index contributed by atoms with van der Waals surface area (Å²) in [6.07, 6.45) is 8.15. The molecule has 1 saturated heterocycles. The van der Waals surface area contributed by atoms with Crippen molar-refractivity contribution in [2.75, 3.05) is 32.0 Å². The van der Waals surface area contributed by atoms with E-state index in [1.807, 2.05) is 41.1 Å². The molecule has 5 heteroatoms. The number of hydrogen-bond donors (Lipinski definition) is 1. The Balaban J connectivity index is 1.48. The van der Waals surface area contributed by atoms with Crippen LogP contribution in [-0.2, 0) is 4.79 Å². The van der Waals surface area contributed by atoms with E-state index < -0.39 is 0 Å². The lowest BCUT2D eigenvalue weighted by atomic mass is 9.94. The standard InChI is InChI=1S/C22H33N3O2/c1-17-12-14-25(15-13-17)22(27)18-8-10-19(11-9-18)23-16-21(26)24(2)20-6-4-3-5-7-20/h8-11,17,20,23H,3-7,12-16H2,1-2H3. The van der Waals surface area contributed by atoms with Crippen LogP contribution in [0.3, 0.4) is 0 Å². The van der Waals surface area contributed by atoms with Crippen LogP contribution in [0.15, 0.2) is 24.3 Å². The zero-order valence-corrected chi connectivity index (χ0v) is 16.7. The first-order valence-corrected chi connectivity index (χ1v) is 10.4. The van der Waals surface area contributed by atoms with Crippen LogP contribution in [0, 0.1) is 5.92 Å². The van der Waals surface area contributed by atoms with Gasteiger partial charge in [-0.2, -0.15) is 0 Å². The van der Waals surface area contributed by atoms with Crippen molar-refractivity contribution >= 4 is 17.5 Å². The Morgan fingerprint density at radius 2 is 1.67 bits per heavy atom. The second kappa shape index (κ2) is 9.25. The molecular weight excluding hydrogens is 338 g/mol. The Kier molecular flexibility index (Phi) is 6.75. The van der Waals surface area contributed by atoms with E-state index in [2.05, 4.69) is 12.2 Å². The third kappa shape index (κ3) is 5.24. The molecule has 1 aromatic rings. The molecule has 2 aliphatic rings. The fourth-order valence-electron chi connectivity index (χ4n) is 4.10. The number of anilines is 1. The van der Waals surface area contributed by atoms with Crippen molar-refractivity contribution in [2.24, 2.45) is 5.92 Å². The number of likely N-dealkylation sites (N-methyl/N-ethyl adjacent to an activating group) is 1. The second-order valence-corrected chi connectivity index (χ2v) is 8.20. The number of piperidine rings is 1. The monoisotopic (exact) mass is 371 g/mol. The molecule has 148 valence electrons. The van der Waals surface area contributed by atoms with Crippen LogP contribution in [0.5, 0.6) is 0 Å². The van der Waals surface area contributed by atoms with E-state index in [0.717, 1.165) is 50.0 Å². The van der Waals surface area contributed by atoms with Crippen molar-refractivity contribution in [1.82, 2.24) is 9.80 Å². The summed E-state index contributed by atoms with van der Waals surface area (Å²) in [5, 5.41) is 3.20. The molecule has 1 aliphatic heterocycles. The molecule has 0 radical (unpaired) electrons. The molecule has 1 aromatic carbocycles. The molecule has 27 heavy (non-hydrogen) atoms. The third-order valence-corrected chi connectivity index (χ3v) is 6.16. The van der Waals surface area contributed by atoms with E-state index >= 15 is 0 Å². The molecule has 0 unspecified atom stereocenters. The van der Waals surface area contributed by atoms with Crippen LogP contribution in [0.4, 0.5) is 5.69 Å². The van der Waals surface area contributed by atoms with Crippen molar-refractivity contribution in [1.29, 1.82) is 0 Å². The van der Waals surface area contributed by atoms with Gasteiger partial charge in [-0.15, -0.1) is 0 Å². The maximum absolute atomic E-state index is 12.6. The number of carbonyl (C=O) groups is 2. The van der Waals surface area contributed by atoms with Crippen LogP contribution in [0.1, 0.15) is 62.2 Å². The number of likely N-dealkylation sites (tertiary alicyclic amines) is 1. The van der Waals surface area contributed by atoms with Gasteiger partial charge in [-0.1, -0.05) is 26.2 Å². The summed E-state index contributed by atoms with van der Waals surface area (Å²) in [4.78, 5) is 28.9. The fourth-order valence-corrected chi connectivity index (χ4v) is 4.10. The van der Waals surface area contributed by atoms with Crippen LogP contribution < -0.4 is 5.32 Å². The second-order valence-electron chi connectivity index (χ2n) is 8.20. The van der Waals surface area contributed by atoms with Gasteiger partial charge in [-0.25, -0.2) is 0 Å². The topological polar surface area (TPSA) is 52.7 Å². The van der Waals surface area contributed by atoms with Crippen molar-refractivity contribution in [3.8, 4) is 0 Å². The highest BCUT2D eigenvalue weighted by atomic mass is 16.2. The minimum Gasteiger partial charge on any atom is -0.376 e. The highest BCUT2D eigenvalue weighted by Gasteiger charge is 2.22. The Hall–Kier alpha value is -2.04. The number of rotatable bonds is 5. The lowest BCUT2D eigenvalue weighted by Crippen LogP contribution is -2.41. The molecule has 1 heterocycles. The van der Waals surface area contributed by atoms with E-state index in [4.69, 9.17) is 0 Å². The number of hydrogen-bond acceptors (Lipinski definition) is 3. The summed E-state index contributed by atoms with van der Waals surface area (Å²) >= 11 is 0. The van der Waals surface area contributed by atoms with Crippen molar-refractivity contribution < 1.29 is 9.59 Å². The predicted octanol–water partition coefficient (Wildman–Crippen LogP) is 3.76. The summed E-state index contributed by atoms with van der Waals surface area (Å²) in [5.74, 6) is 0.955. The SMILES string of the molecule is CC1CCN(C(=O)c2ccc(NCC(=O)N(C)C3CCCCC3)cc2)CC1. The van der Waals surface area contributed by atoms with Gasteiger partial charge in [0.2, 0.25) is 5.91 Å². The van der Waals surface area contributed by atoms with Gasteiger partial charge >= 0.3 is 0 Å². The molecule has 1 N–H and O–H groups in total. The van der Waals surface area contributed by atoms with Gasteiger partial charge in [-0.05, 0) is 55.9 Å². The molecule has 0 aromatic heterocycles. The highest BCUT2D eigenvalue weighted by molar-refractivity contribution is 5.94. The molecule has 2 amide bonds. The number of amides is 2. The molecular formula is C22H33N3O2. The first kappa shape index (κ1) is 19.7. The summed E-state index contributed by atoms with van der Waals surface area (Å²) in [5.41, 5.74) is 1.60. The molecule has 5 nitrogen and oxygen atoms in total. The van der Waals surface area contributed by atoms with Crippen LogP contribution in [0.25, 0.3) is 0 Å². The van der Waals surface area contributed by atoms with Gasteiger partial charge in [0, 0.05) is 37.4 Å². The van der Waals surface area contributed by atoms with Gasteiger partial charge in [0.15, 0.2) is 0 Å². The lowest BCUT2D eigenvalue weighted by molar-refractivity contribution is -0.130. The van der Waals surface area contributed by atoms with Crippen LogP contribution in [0.2, 0.25) is 0 Å². The van der Waals surface area contributed by atoms with E-state index in [9.17, 15) is 9.59 Å². The Bertz CT molecular complexity index is 629. The minimum absolute atomic E-state index is 0.113. The summed E-state index contributed by atoms with van der Waals surface area (Å²) < 4.78 is 0. The minimum atomic E-state index is 0.113. The molecule has 0 atom stereocenters. The molecule has 0 bridgehead atoms. The zero-order valence-electron chi connectivity index (χ0n) is 16.7. The maximum Gasteiger partial charge on any atom is 0.253 e. The normalized spacial score (nSPS) is 19.0. The number of benzene rings is 1. The van der Waals surface area contributed by atoms with Crippen molar-refractivity contribution in [3.05, 3.63) is 29.8 Å². The van der Waals surface area contributed by atoms with E-state index in [1.54, 1.807) is 0 Å². The van der Waals surface area contributed by atoms with E-state index in [0.29, 0.717) is 18.5 Å². The molecule has 2 fully saturated rings. The van der Waals surface area contributed by atoms with Crippen molar-refractivity contribution in [2.45, 2.75) is 57.9 Å².